The molecule has 0 bridgehead atoms. The van der Waals surface area contributed by atoms with Gasteiger partial charge >= 0.3 is 12.0 Å². The highest BCUT2D eigenvalue weighted by Crippen LogP contribution is 2.07. The minimum atomic E-state index is -0.846. The summed E-state index contributed by atoms with van der Waals surface area (Å²) in [6.07, 6.45) is 0.777. The Morgan fingerprint density at radius 2 is 1.70 bits per heavy atom. The molecule has 0 aromatic carbocycles. The molecule has 1 heterocycles. The van der Waals surface area contributed by atoms with Gasteiger partial charge < -0.3 is 20.2 Å². The second-order valence-corrected chi connectivity index (χ2v) is 5.05. The second kappa shape index (κ2) is 7.72. The number of carbonyl (C=O) groups is 3. The van der Waals surface area contributed by atoms with E-state index in [1.807, 2.05) is 6.92 Å². The summed E-state index contributed by atoms with van der Waals surface area (Å²) >= 11 is 0. The number of carboxylic acid groups (broad SMARTS) is 1. The molecule has 1 saturated heterocycles. The maximum Gasteiger partial charge on any atom is 0.317 e. The molecule has 0 radical (unpaired) electrons. The fourth-order valence-electron chi connectivity index (χ4n) is 2.18. The van der Waals surface area contributed by atoms with Crippen molar-refractivity contribution in [3.8, 4) is 0 Å². The zero-order valence-corrected chi connectivity index (χ0v) is 12.1. The van der Waals surface area contributed by atoms with E-state index in [9.17, 15) is 14.4 Å². The molecule has 0 aliphatic carbocycles. The average molecular weight is 285 g/mol. The summed E-state index contributed by atoms with van der Waals surface area (Å²) in [5.41, 5.74) is 0. The first kappa shape index (κ1) is 16.3. The molecule has 0 aromatic rings. The molecule has 7 nitrogen and oxygen atoms in total. The topological polar surface area (TPSA) is 90.0 Å². The van der Waals surface area contributed by atoms with Gasteiger partial charge in [-0.05, 0) is 5.92 Å². The van der Waals surface area contributed by atoms with E-state index in [1.54, 1.807) is 9.80 Å². The molecule has 0 aromatic heterocycles. The zero-order chi connectivity index (χ0) is 15.1. The predicted molar refractivity (Wildman–Crippen MR) is 73.3 cm³/mol. The Bertz CT molecular complexity index is 365. The van der Waals surface area contributed by atoms with Crippen LogP contribution in [0.25, 0.3) is 0 Å². The van der Waals surface area contributed by atoms with Crippen LogP contribution in [0.15, 0.2) is 0 Å². The molecule has 3 amide bonds. The average Bonchev–Trinajstić information content (AvgIpc) is 2.42. The van der Waals surface area contributed by atoms with Crippen LogP contribution in [0.5, 0.6) is 0 Å². The Kier molecular flexibility index (Phi) is 6.27. The lowest BCUT2D eigenvalue weighted by Gasteiger charge is -2.34. The molecular weight excluding hydrogens is 262 g/mol. The molecular formula is C13H23N3O4. The van der Waals surface area contributed by atoms with Crippen LogP contribution < -0.4 is 5.32 Å². The molecule has 2 N–H and O–H groups in total. The van der Waals surface area contributed by atoms with Gasteiger partial charge in [-0.2, -0.15) is 0 Å². The largest absolute Gasteiger partial charge is 0.481 e. The lowest BCUT2D eigenvalue weighted by Crippen LogP contribution is -2.53. The van der Waals surface area contributed by atoms with Gasteiger partial charge in [0.2, 0.25) is 5.91 Å². The highest BCUT2D eigenvalue weighted by atomic mass is 16.4. The molecule has 0 spiro atoms. The number of piperazine rings is 1. The van der Waals surface area contributed by atoms with Crippen LogP contribution in [0.3, 0.4) is 0 Å². The normalized spacial score (nSPS) is 16.7. The summed E-state index contributed by atoms with van der Waals surface area (Å²) in [5, 5.41) is 11.5. The first-order valence-corrected chi connectivity index (χ1v) is 6.94. The van der Waals surface area contributed by atoms with Gasteiger partial charge in [-0.3, -0.25) is 9.59 Å². The van der Waals surface area contributed by atoms with Crippen molar-refractivity contribution in [3.63, 3.8) is 0 Å². The van der Waals surface area contributed by atoms with Gasteiger partial charge in [-0.1, -0.05) is 13.3 Å². The van der Waals surface area contributed by atoms with E-state index in [2.05, 4.69) is 5.32 Å². The highest BCUT2D eigenvalue weighted by Gasteiger charge is 2.22. The standard InChI is InChI=1S/C13H23N3O4/c1-3-11(8-12(18)19)9-14-13(20)16-6-4-15(5-7-16)10(2)17/h11H,3-9H2,1-2H3,(H,14,20)(H,18,19). The van der Waals surface area contributed by atoms with Gasteiger partial charge in [-0.25, -0.2) is 4.79 Å². The maximum absolute atomic E-state index is 11.9. The molecule has 1 atom stereocenters. The number of aliphatic carboxylic acids is 1. The van der Waals surface area contributed by atoms with Gasteiger partial charge in [-0.15, -0.1) is 0 Å². The fraction of sp³-hybridized carbons (Fsp3) is 0.769. The molecule has 114 valence electrons. The molecule has 1 aliphatic heterocycles. The van der Waals surface area contributed by atoms with Crippen molar-refractivity contribution in [2.45, 2.75) is 26.7 Å². The van der Waals surface area contributed by atoms with Crippen LogP contribution in [-0.4, -0.2) is 65.5 Å². The van der Waals surface area contributed by atoms with E-state index in [4.69, 9.17) is 5.11 Å². The maximum atomic E-state index is 11.9. The van der Waals surface area contributed by atoms with E-state index in [1.165, 1.54) is 6.92 Å². The number of nitrogens with zero attached hydrogens (tertiary/aromatic N) is 2. The van der Waals surface area contributed by atoms with E-state index in [0.29, 0.717) is 39.1 Å². The van der Waals surface area contributed by atoms with Crippen LogP contribution in [0.4, 0.5) is 4.79 Å². The Labute approximate surface area is 118 Å². The summed E-state index contributed by atoms with van der Waals surface area (Å²) in [6.45, 7) is 5.93. The number of carbonyl (C=O) groups excluding carboxylic acids is 2. The highest BCUT2D eigenvalue weighted by molar-refractivity contribution is 5.76. The van der Waals surface area contributed by atoms with Crippen molar-refractivity contribution >= 4 is 17.9 Å². The number of carboxylic acids is 1. The van der Waals surface area contributed by atoms with E-state index >= 15 is 0 Å². The van der Waals surface area contributed by atoms with Crippen molar-refractivity contribution in [2.75, 3.05) is 32.7 Å². The molecule has 0 saturated carbocycles. The Hall–Kier alpha value is -1.79. The third kappa shape index (κ3) is 5.07. The lowest BCUT2D eigenvalue weighted by atomic mass is 10.0. The van der Waals surface area contributed by atoms with Crippen molar-refractivity contribution in [2.24, 2.45) is 5.92 Å². The third-order valence-electron chi connectivity index (χ3n) is 3.59. The Balaban J connectivity index is 2.33. The minimum absolute atomic E-state index is 0.0255. The van der Waals surface area contributed by atoms with Crippen molar-refractivity contribution < 1.29 is 19.5 Å². The molecule has 1 aliphatic rings. The smallest absolute Gasteiger partial charge is 0.317 e. The SMILES string of the molecule is CCC(CNC(=O)N1CCN(C(C)=O)CC1)CC(=O)O. The monoisotopic (exact) mass is 285 g/mol. The third-order valence-corrected chi connectivity index (χ3v) is 3.59. The molecule has 1 rings (SSSR count). The number of rotatable bonds is 5. The Morgan fingerprint density at radius 1 is 1.15 bits per heavy atom. The quantitative estimate of drug-likeness (QED) is 0.763. The van der Waals surface area contributed by atoms with Gasteiger partial charge in [0.15, 0.2) is 0 Å². The molecule has 1 unspecified atom stereocenters. The zero-order valence-electron chi connectivity index (χ0n) is 12.1. The van der Waals surface area contributed by atoms with Crippen molar-refractivity contribution in [1.82, 2.24) is 15.1 Å². The minimum Gasteiger partial charge on any atom is -0.481 e. The van der Waals surface area contributed by atoms with Crippen LogP contribution in [-0.2, 0) is 9.59 Å². The van der Waals surface area contributed by atoms with Crippen molar-refractivity contribution in [3.05, 3.63) is 0 Å². The van der Waals surface area contributed by atoms with Crippen LogP contribution in [0, 0.1) is 5.92 Å². The first-order chi connectivity index (χ1) is 9.43. The summed E-state index contributed by atoms with van der Waals surface area (Å²) in [5.74, 6) is -0.867. The van der Waals surface area contributed by atoms with E-state index < -0.39 is 5.97 Å². The number of amides is 3. The van der Waals surface area contributed by atoms with Crippen LogP contribution >= 0.6 is 0 Å². The van der Waals surface area contributed by atoms with Crippen LogP contribution in [0.1, 0.15) is 26.7 Å². The number of urea groups is 1. The van der Waals surface area contributed by atoms with Gasteiger partial charge in [0.25, 0.3) is 0 Å². The summed E-state index contributed by atoms with van der Waals surface area (Å²) < 4.78 is 0. The second-order valence-electron chi connectivity index (χ2n) is 5.05. The first-order valence-electron chi connectivity index (χ1n) is 6.94. The summed E-state index contributed by atoms with van der Waals surface area (Å²) in [6, 6.07) is -0.183. The molecule has 20 heavy (non-hydrogen) atoms. The lowest BCUT2D eigenvalue weighted by molar-refractivity contribution is -0.138. The number of nitrogens with one attached hydrogen (secondary N) is 1. The van der Waals surface area contributed by atoms with Crippen molar-refractivity contribution in [1.29, 1.82) is 0 Å². The number of hydrogen-bond donors (Lipinski definition) is 2. The van der Waals surface area contributed by atoms with E-state index in [0.717, 1.165) is 0 Å². The fourth-order valence-corrected chi connectivity index (χ4v) is 2.18. The molecule has 7 heteroatoms. The molecule has 1 fully saturated rings. The van der Waals surface area contributed by atoms with Crippen LogP contribution in [0.2, 0.25) is 0 Å². The predicted octanol–water partition coefficient (Wildman–Crippen LogP) is 0.361. The summed E-state index contributed by atoms with van der Waals surface area (Å²) in [4.78, 5) is 37.2. The van der Waals surface area contributed by atoms with Gasteiger partial charge in [0.05, 0.1) is 0 Å². The van der Waals surface area contributed by atoms with Gasteiger partial charge in [0, 0.05) is 46.1 Å². The number of hydrogen-bond acceptors (Lipinski definition) is 3. The van der Waals surface area contributed by atoms with E-state index in [-0.39, 0.29) is 24.3 Å². The summed E-state index contributed by atoms with van der Waals surface area (Å²) in [7, 11) is 0. The Morgan fingerprint density at radius 3 is 2.15 bits per heavy atom. The van der Waals surface area contributed by atoms with Gasteiger partial charge in [0.1, 0.15) is 0 Å².